The number of benzene rings is 2. The fourth-order valence-electron chi connectivity index (χ4n) is 3.58. The number of nitrogens with two attached hydrogens (primary N) is 1. The molecule has 1 amide bonds. The molecule has 3 N–H and O–H groups in total. The van der Waals surface area contributed by atoms with E-state index < -0.39 is 5.91 Å². The fraction of sp³-hybridized carbons (Fsp3) is 0.182. The van der Waals surface area contributed by atoms with Crippen LogP contribution in [0.15, 0.2) is 48.5 Å². The maximum Gasteiger partial charge on any atom is 0.250 e. The largest absolute Gasteiger partial charge is 0.477 e. The van der Waals surface area contributed by atoms with Gasteiger partial charge in [-0.05, 0) is 36.0 Å². The molecule has 0 unspecified atom stereocenters. The number of fused-ring (bicyclic) bond motifs is 2. The third-order valence-corrected chi connectivity index (χ3v) is 5.92. The van der Waals surface area contributed by atoms with E-state index in [1.165, 1.54) is 11.5 Å². The van der Waals surface area contributed by atoms with Crippen molar-refractivity contribution in [2.45, 2.75) is 19.4 Å². The minimum absolute atomic E-state index is 0.395. The van der Waals surface area contributed by atoms with Crippen LogP contribution in [0.1, 0.15) is 27.9 Å². The van der Waals surface area contributed by atoms with Crippen molar-refractivity contribution in [3.8, 4) is 16.6 Å². The molecule has 7 nitrogen and oxygen atoms in total. The molecular formula is C22H19N5O2S. The first-order chi connectivity index (χ1) is 14.7. The molecule has 8 heteroatoms. The number of carbonyl (C=O) groups is 1. The Morgan fingerprint density at radius 3 is 2.83 bits per heavy atom. The number of ether oxygens (including phenoxy) is 1. The van der Waals surface area contributed by atoms with Crippen LogP contribution in [0.5, 0.6) is 5.88 Å². The molecule has 0 bridgehead atoms. The van der Waals surface area contributed by atoms with Crippen molar-refractivity contribution in [1.82, 2.24) is 14.3 Å². The van der Waals surface area contributed by atoms with E-state index in [2.05, 4.69) is 26.8 Å². The number of hydrogen-bond donors (Lipinski definition) is 2. The van der Waals surface area contributed by atoms with Crippen molar-refractivity contribution >= 4 is 34.2 Å². The number of amides is 1. The Morgan fingerprint density at radius 2 is 2.00 bits per heavy atom. The van der Waals surface area contributed by atoms with E-state index in [9.17, 15) is 4.79 Å². The van der Waals surface area contributed by atoms with E-state index in [1.807, 2.05) is 24.3 Å². The number of nitrogens with one attached hydrogen (secondary N) is 1. The molecule has 4 aromatic rings. The minimum Gasteiger partial charge on any atom is -0.477 e. The van der Waals surface area contributed by atoms with Crippen LogP contribution in [0.3, 0.4) is 0 Å². The van der Waals surface area contributed by atoms with Gasteiger partial charge in [0.15, 0.2) is 5.82 Å². The van der Waals surface area contributed by atoms with Crippen molar-refractivity contribution in [3.05, 3.63) is 65.2 Å². The Bertz CT molecular complexity index is 1240. The molecule has 0 saturated heterocycles. The van der Waals surface area contributed by atoms with Gasteiger partial charge in [-0.25, -0.2) is 4.98 Å². The molecule has 5 rings (SSSR count). The van der Waals surface area contributed by atoms with Gasteiger partial charge in [-0.3, -0.25) is 4.79 Å². The number of hydrogen-bond acceptors (Lipinski definition) is 7. The molecule has 30 heavy (non-hydrogen) atoms. The molecule has 3 heterocycles. The van der Waals surface area contributed by atoms with Crippen LogP contribution in [0.2, 0.25) is 0 Å². The van der Waals surface area contributed by atoms with Crippen LogP contribution in [0.4, 0.5) is 5.82 Å². The lowest BCUT2D eigenvalue weighted by molar-refractivity contribution is 0.100. The first-order valence-electron chi connectivity index (χ1n) is 9.71. The summed E-state index contributed by atoms with van der Waals surface area (Å²) >= 11 is 1.26. The van der Waals surface area contributed by atoms with Gasteiger partial charge in [-0.1, -0.05) is 42.5 Å². The number of aromatic nitrogens is 3. The van der Waals surface area contributed by atoms with E-state index in [0.717, 1.165) is 40.0 Å². The summed E-state index contributed by atoms with van der Waals surface area (Å²) in [4.78, 5) is 22.0. The zero-order valence-electron chi connectivity index (χ0n) is 16.1. The van der Waals surface area contributed by atoms with Gasteiger partial charge in [0.2, 0.25) is 5.88 Å². The van der Waals surface area contributed by atoms with Gasteiger partial charge in [0.05, 0.1) is 23.3 Å². The normalized spacial score (nSPS) is 12.9. The summed E-state index contributed by atoms with van der Waals surface area (Å²) in [5.41, 5.74) is 8.63. The molecule has 0 atom stereocenters. The quantitative estimate of drug-likeness (QED) is 0.512. The van der Waals surface area contributed by atoms with E-state index in [-0.39, 0.29) is 0 Å². The second-order valence-corrected chi connectivity index (χ2v) is 7.82. The molecule has 2 aromatic heterocycles. The Labute approximate surface area is 177 Å². The molecular weight excluding hydrogens is 398 g/mol. The van der Waals surface area contributed by atoms with Crippen molar-refractivity contribution in [3.63, 3.8) is 0 Å². The highest BCUT2D eigenvalue weighted by Crippen LogP contribution is 2.36. The Hall–Kier alpha value is -3.52. The Balaban J connectivity index is 1.58. The lowest BCUT2D eigenvalue weighted by Crippen LogP contribution is -2.15. The lowest BCUT2D eigenvalue weighted by Gasteiger charge is -2.20. The number of carbonyl (C=O) groups excluding carboxylic acids is 1. The highest BCUT2D eigenvalue weighted by atomic mass is 32.1. The molecule has 0 fully saturated rings. The molecule has 0 aliphatic carbocycles. The molecule has 2 aromatic carbocycles. The third-order valence-electron chi connectivity index (χ3n) is 5.06. The van der Waals surface area contributed by atoms with Crippen LogP contribution in [0.25, 0.3) is 21.6 Å². The summed E-state index contributed by atoms with van der Waals surface area (Å²) < 4.78 is 10.3. The summed E-state index contributed by atoms with van der Waals surface area (Å²) in [6, 6.07) is 15.5. The highest BCUT2D eigenvalue weighted by molar-refractivity contribution is 7.11. The average Bonchev–Trinajstić information content (AvgIpc) is 3.22. The zero-order valence-corrected chi connectivity index (χ0v) is 16.9. The smallest absolute Gasteiger partial charge is 0.250 e. The van der Waals surface area contributed by atoms with Gasteiger partial charge in [0.25, 0.3) is 5.91 Å². The van der Waals surface area contributed by atoms with Gasteiger partial charge in [-0.15, -0.1) is 0 Å². The summed E-state index contributed by atoms with van der Waals surface area (Å²) in [6.07, 6.45) is 1.79. The first kappa shape index (κ1) is 18.5. The summed E-state index contributed by atoms with van der Waals surface area (Å²) in [6.45, 7) is 1.29. The van der Waals surface area contributed by atoms with Gasteiger partial charge >= 0.3 is 0 Å². The summed E-state index contributed by atoms with van der Waals surface area (Å²) in [5.74, 6) is 1.40. The van der Waals surface area contributed by atoms with Crippen LogP contribution < -0.4 is 15.8 Å². The van der Waals surface area contributed by atoms with Crippen molar-refractivity contribution in [2.24, 2.45) is 5.73 Å². The maximum atomic E-state index is 11.8. The monoisotopic (exact) mass is 417 g/mol. The van der Waals surface area contributed by atoms with E-state index in [0.29, 0.717) is 35.9 Å². The predicted molar refractivity (Wildman–Crippen MR) is 117 cm³/mol. The second-order valence-electron chi connectivity index (χ2n) is 7.05. The SMILES string of the molecule is NC(=O)c1cccc2c(-c3nc(NCc4ccccc4)c4c(n3)OCCC4)snc12. The van der Waals surface area contributed by atoms with E-state index in [4.69, 9.17) is 15.5 Å². The van der Waals surface area contributed by atoms with Crippen molar-refractivity contribution in [1.29, 1.82) is 0 Å². The summed E-state index contributed by atoms with van der Waals surface area (Å²) in [7, 11) is 0. The molecule has 1 aliphatic rings. The Morgan fingerprint density at radius 1 is 1.13 bits per heavy atom. The number of primary amides is 1. The van der Waals surface area contributed by atoms with E-state index in [1.54, 1.807) is 12.1 Å². The third kappa shape index (κ3) is 3.35. The second kappa shape index (κ2) is 7.72. The van der Waals surface area contributed by atoms with E-state index >= 15 is 0 Å². The number of rotatable bonds is 5. The van der Waals surface area contributed by atoms with Crippen LogP contribution in [-0.4, -0.2) is 26.9 Å². The van der Waals surface area contributed by atoms with Gasteiger partial charge in [0, 0.05) is 11.9 Å². The van der Waals surface area contributed by atoms with Gasteiger partial charge in [-0.2, -0.15) is 9.36 Å². The van der Waals surface area contributed by atoms with Crippen LogP contribution >= 0.6 is 11.5 Å². The number of anilines is 1. The first-order valence-corrected chi connectivity index (χ1v) is 10.5. The zero-order chi connectivity index (χ0) is 20.5. The molecule has 0 spiro atoms. The predicted octanol–water partition coefficient (Wildman–Crippen LogP) is 3.79. The number of nitrogens with zero attached hydrogens (tertiary/aromatic N) is 3. The minimum atomic E-state index is -0.502. The fourth-order valence-corrected chi connectivity index (χ4v) is 4.40. The highest BCUT2D eigenvalue weighted by Gasteiger charge is 2.22. The van der Waals surface area contributed by atoms with Crippen molar-refractivity contribution in [2.75, 3.05) is 11.9 Å². The topological polar surface area (TPSA) is 103 Å². The van der Waals surface area contributed by atoms with Crippen LogP contribution in [0, 0.1) is 0 Å². The summed E-state index contributed by atoms with van der Waals surface area (Å²) in [5, 5.41) is 4.25. The lowest BCUT2D eigenvalue weighted by atomic mass is 10.1. The van der Waals surface area contributed by atoms with Gasteiger partial charge in [0.1, 0.15) is 10.7 Å². The van der Waals surface area contributed by atoms with Gasteiger partial charge < -0.3 is 15.8 Å². The average molecular weight is 417 g/mol. The Kier molecular flexibility index (Phi) is 4.76. The van der Waals surface area contributed by atoms with Crippen LogP contribution in [-0.2, 0) is 13.0 Å². The molecule has 1 aliphatic heterocycles. The maximum absolute atomic E-state index is 11.8. The molecule has 150 valence electrons. The van der Waals surface area contributed by atoms with Crippen molar-refractivity contribution < 1.29 is 9.53 Å². The molecule has 0 saturated carbocycles. The standard InChI is InChI=1S/C22H19N5O2S/c23-19(28)15-9-4-8-14-17(15)27-30-18(14)21-25-20(16-10-5-11-29-22(16)26-21)24-12-13-6-2-1-3-7-13/h1-4,6-9H,5,10-12H2,(H2,23,28)(H,24,25,26). The molecule has 0 radical (unpaired) electrons.